The van der Waals surface area contributed by atoms with Gasteiger partial charge in [0.2, 0.25) is 33.3 Å². The first-order valence-electron chi connectivity index (χ1n) is 17.6. The molecule has 1 aliphatic heterocycles. The van der Waals surface area contributed by atoms with Gasteiger partial charge in [0, 0.05) is 29.7 Å². The quantitative estimate of drug-likeness (QED) is 0.122. The van der Waals surface area contributed by atoms with Crippen LogP contribution in [0.25, 0.3) is 33.5 Å². The maximum Gasteiger partial charge on any atom is 0.416 e. The molecule has 2 aromatic heterocycles. The minimum Gasteiger partial charge on any atom is -0.470 e. The molecule has 3 fully saturated rings. The number of furan rings is 1. The summed E-state index contributed by atoms with van der Waals surface area (Å²) >= 11 is 0. The number of nitrogens with one attached hydrogen (secondary N) is 1. The van der Waals surface area contributed by atoms with Gasteiger partial charge in [-0.1, -0.05) is 42.8 Å². The van der Waals surface area contributed by atoms with Crippen molar-refractivity contribution in [3.05, 3.63) is 66.2 Å². The van der Waals surface area contributed by atoms with E-state index in [-0.39, 0.29) is 54.4 Å². The van der Waals surface area contributed by atoms with Crippen LogP contribution in [0.4, 0.5) is 13.2 Å². The van der Waals surface area contributed by atoms with Gasteiger partial charge < -0.3 is 19.8 Å². The van der Waals surface area contributed by atoms with E-state index in [1.54, 1.807) is 24.3 Å². The number of ether oxygens (including phenoxy) is 1. The monoisotopic (exact) mass is 753 g/mol. The van der Waals surface area contributed by atoms with Crippen LogP contribution in [0.5, 0.6) is 5.88 Å². The predicted octanol–water partition coefficient (Wildman–Crippen LogP) is 5.65. The number of amides is 3. The van der Waals surface area contributed by atoms with Crippen molar-refractivity contribution in [1.82, 2.24) is 19.6 Å². The van der Waals surface area contributed by atoms with Gasteiger partial charge in [-0.15, -0.1) is 0 Å². The molecule has 0 spiro atoms. The van der Waals surface area contributed by atoms with Crippen LogP contribution in [0.15, 0.2) is 65.1 Å². The molecule has 3 N–H and O–H groups in total. The van der Waals surface area contributed by atoms with Gasteiger partial charge in [-0.25, -0.2) is 13.4 Å². The number of likely N-dealkylation sites (tertiary alicyclic amines) is 1. The van der Waals surface area contributed by atoms with E-state index >= 15 is 0 Å². The van der Waals surface area contributed by atoms with Crippen molar-refractivity contribution in [2.24, 2.45) is 17.6 Å². The molecular formula is C37H38F3N5O7S. The van der Waals surface area contributed by atoms with Gasteiger partial charge in [0.25, 0.3) is 5.88 Å². The van der Waals surface area contributed by atoms with Crippen molar-refractivity contribution in [3.8, 4) is 17.3 Å². The number of nitrogens with zero attached hydrogens (tertiary/aromatic N) is 3. The second-order valence-corrected chi connectivity index (χ2v) is 15.8. The number of alkyl halides is 3. The Bertz CT molecular complexity index is 2180. The molecule has 3 amide bonds. The third-order valence-electron chi connectivity index (χ3n) is 9.88. The van der Waals surface area contributed by atoms with Gasteiger partial charge >= 0.3 is 6.18 Å². The van der Waals surface area contributed by atoms with Gasteiger partial charge in [-0.2, -0.15) is 18.2 Å². The van der Waals surface area contributed by atoms with E-state index in [4.69, 9.17) is 14.9 Å². The van der Waals surface area contributed by atoms with E-state index in [2.05, 4.69) is 14.7 Å². The molecule has 16 heteroatoms. The first-order valence-corrected chi connectivity index (χ1v) is 19.2. The molecule has 2 aromatic carbocycles. The van der Waals surface area contributed by atoms with Crippen LogP contribution in [0.2, 0.25) is 0 Å². The number of primary amides is 1. The maximum atomic E-state index is 13.3. The van der Waals surface area contributed by atoms with E-state index in [0.717, 1.165) is 31.4 Å². The maximum absolute atomic E-state index is 13.3. The molecule has 0 unspecified atom stereocenters. The summed E-state index contributed by atoms with van der Waals surface area (Å²) in [4.78, 5) is 48.5. The van der Waals surface area contributed by atoms with Crippen LogP contribution < -0.4 is 15.2 Å². The van der Waals surface area contributed by atoms with E-state index in [1.165, 1.54) is 17.0 Å². The van der Waals surface area contributed by atoms with Crippen LogP contribution in [0.3, 0.4) is 0 Å². The molecular weight excluding hydrogens is 715 g/mol. The largest absolute Gasteiger partial charge is 0.470 e. The topological polar surface area (TPSA) is 175 Å². The highest BCUT2D eigenvalue weighted by molar-refractivity contribution is 7.90. The number of fused-ring (bicyclic) bond motifs is 3. The summed E-state index contributed by atoms with van der Waals surface area (Å²) < 4.78 is 78.2. The van der Waals surface area contributed by atoms with Crippen LogP contribution in [-0.2, 0) is 30.6 Å². The van der Waals surface area contributed by atoms with Crippen molar-refractivity contribution in [3.63, 3.8) is 0 Å². The Morgan fingerprint density at radius 3 is 2.49 bits per heavy atom. The van der Waals surface area contributed by atoms with E-state index in [0.29, 0.717) is 47.7 Å². The number of hydrogen-bond donors (Lipinski definition) is 2. The first-order chi connectivity index (χ1) is 25.3. The molecule has 12 nitrogen and oxygen atoms in total. The number of allylic oxidation sites excluding steroid dienone is 2. The Kier molecular flexibility index (Phi) is 9.91. The number of aromatic nitrogens is 2. The molecule has 0 bridgehead atoms. The highest BCUT2D eigenvalue weighted by Crippen LogP contribution is 2.41. The fourth-order valence-electron chi connectivity index (χ4n) is 6.71. The zero-order valence-corrected chi connectivity index (χ0v) is 29.4. The lowest BCUT2D eigenvalue weighted by atomic mass is 10.1. The third kappa shape index (κ3) is 8.16. The van der Waals surface area contributed by atoms with Gasteiger partial charge in [0.05, 0.1) is 17.4 Å². The third-order valence-corrected chi connectivity index (χ3v) is 11.7. The van der Waals surface area contributed by atoms with E-state index < -0.39 is 51.0 Å². The molecule has 53 heavy (non-hydrogen) atoms. The van der Waals surface area contributed by atoms with Crippen LogP contribution in [0.1, 0.15) is 63.4 Å². The van der Waals surface area contributed by atoms with Crippen molar-refractivity contribution in [1.29, 1.82) is 0 Å². The minimum absolute atomic E-state index is 0.0260. The summed E-state index contributed by atoms with van der Waals surface area (Å²) in [5.41, 5.74) is 6.34. The molecule has 0 radical (unpaired) electrons. The fraction of sp³-hybridized carbons (Fsp3) is 0.432. The van der Waals surface area contributed by atoms with E-state index in [1.807, 2.05) is 12.2 Å². The number of benzene rings is 2. The SMILES string of the molecule is NC(=O)[C@@H]1C[C@@H](Oc2nc(-c3ccc(C(F)(F)F)cc3)nc3c2oc2ccccc23)CN1C(=O)CCCCC/C=C\[C@@H]1C[C@@H]1C(=O)NS(=O)(=O)C1CC1. The molecule has 280 valence electrons. The number of sulfonamides is 1. The molecule has 3 aliphatic rings. The summed E-state index contributed by atoms with van der Waals surface area (Å²) in [5, 5.41) is 0.212. The first kappa shape index (κ1) is 36.4. The Hall–Kier alpha value is -4.99. The van der Waals surface area contributed by atoms with Crippen molar-refractivity contribution in [2.75, 3.05) is 6.54 Å². The van der Waals surface area contributed by atoms with Gasteiger partial charge in [0.15, 0.2) is 5.82 Å². The number of nitrogens with two attached hydrogens (primary N) is 1. The van der Waals surface area contributed by atoms with Gasteiger partial charge in [0.1, 0.15) is 23.2 Å². The predicted molar refractivity (Wildman–Crippen MR) is 187 cm³/mol. The lowest BCUT2D eigenvalue weighted by Gasteiger charge is -2.21. The molecule has 3 heterocycles. The lowest BCUT2D eigenvalue weighted by molar-refractivity contribution is -0.137. The van der Waals surface area contributed by atoms with Gasteiger partial charge in [-0.3, -0.25) is 19.1 Å². The number of para-hydroxylation sites is 1. The highest BCUT2D eigenvalue weighted by Gasteiger charge is 2.45. The molecule has 4 atom stereocenters. The Morgan fingerprint density at radius 1 is 1.02 bits per heavy atom. The molecule has 1 saturated heterocycles. The van der Waals surface area contributed by atoms with Crippen molar-refractivity contribution >= 4 is 49.8 Å². The lowest BCUT2D eigenvalue weighted by Crippen LogP contribution is -2.43. The number of hydrogen-bond acceptors (Lipinski definition) is 9. The van der Waals surface area contributed by atoms with Crippen LogP contribution >= 0.6 is 0 Å². The van der Waals surface area contributed by atoms with Crippen LogP contribution in [-0.4, -0.2) is 64.9 Å². The zero-order chi connectivity index (χ0) is 37.5. The number of halogens is 3. The second kappa shape index (κ2) is 14.4. The normalized spacial score (nSPS) is 21.8. The minimum atomic E-state index is -4.51. The number of carbonyl (C=O) groups is 3. The zero-order valence-electron chi connectivity index (χ0n) is 28.6. The second-order valence-electron chi connectivity index (χ2n) is 13.9. The summed E-state index contributed by atoms with van der Waals surface area (Å²) in [7, 11) is -3.54. The standard InChI is InChI=1S/C37H38F3N5O7S/c38-37(39,40)23-14-12-21(13-15-23)34-42-31-26-9-6-7-10-29(26)52-32(31)36(43-34)51-24-19-28(33(41)47)45(20-24)30(46)11-5-3-1-2-4-8-22-18-27(22)35(48)44-53(49,50)25-16-17-25/h4,6-10,12-15,22,24-25,27-28H,1-3,5,11,16-20H2,(H2,41,47)(H,44,48)/b8-4-/t22-,24-,27+,28+/m1/s1. The van der Waals surface area contributed by atoms with Gasteiger partial charge in [-0.05, 0) is 68.7 Å². The Balaban J connectivity index is 0.951. The number of carbonyl (C=O) groups excluding carboxylic acids is 3. The summed E-state index contributed by atoms with van der Waals surface area (Å²) in [6.45, 7) is 0.0641. The highest BCUT2D eigenvalue weighted by atomic mass is 32.2. The Morgan fingerprint density at radius 2 is 1.77 bits per heavy atom. The van der Waals surface area contributed by atoms with Crippen molar-refractivity contribution < 1.29 is 45.1 Å². The molecule has 7 rings (SSSR count). The molecule has 2 aliphatic carbocycles. The smallest absolute Gasteiger partial charge is 0.416 e. The fourth-order valence-corrected chi connectivity index (χ4v) is 8.06. The number of unbranched alkanes of at least 4 members (excludes halogenated alkanes) is 3. The number of rotatable bonds is 14. The van der Waals surface area contributed by atoms with Crippen LogP contribution in [0, 0.1) is 11.8 Å². The Labute approximate surface area is 303 Å². The average molecular weight is 754 g/mol. The average Bonchev–Trinajstić information content (AvgIpc) is 4.04. The molecule has 4 aromatic rings. The summed E-state index contributed by atoms with van der Waals surface area (Å²) in [6, 6.07) is 10.7. The van der Waals surface area contributed by atoms with Crippen molar-refractivity contribution in [2.45, 2.75) is 81.4 Å². The molecule has 2 saturated carbocycles. The summed E-state index contributed by atoms with van der Waals surface area (Å²) in [6.07, 6.45) is 3.73. The van der Waals surface area contributed by atoms with E-state index in [9.17, 15) is 36.0 Å². The summed E-state index contributed by atoms with van der Waals surface area (Å²) in [5.74, 6) is -1.50.